The fourth-order valence-corrected chi connectivity index (χ4v) is 4.17. The van der Waals surface area contributed by atoms with E-state index in [1.807, 2.05) is 0 Å². The summed E-state index contributed by atoms with van der Waals surface area (Å²) >= 11 is 2.44. The highest BCUT2D eigenvalue weighted by Crippen LogP contribution is 2.14. The quantitative estimate of drug-likeness (QED) is 0.0351. The fourth-order valence-electron chi connectivity index (χ4n) is 3.81. The van der Waals surface area contributed by atoms with Crippen LogP contribution in [0, 0.1) is 0 Å². The summed E-state index contributed by atoms with van der Waals surface area (Å²) in [6, 6.07) is 0. The third-order valence-corrected chi connectivity index (χ3v) is 6.48. The van der Waals surface area contributed by atoms with Gasteiger partial charge in [-0.15, -0.1) is 0 Å². The molecule has 0 aliphatic rings. The maximum atomic E-state index is 6.14. The largest absolute Gasteiger partial charge is 0.353 e. The lowest BCUT2D eigenvalue weighted by Gasteiger charge is -2.19. The Morgan fingerprint density at radius 2 is 1.00 bits per heavy atom. The van der Waals surface area contributed by atoms with Crippen LogP contribution in [-0.2, 0) is 9.47 Å². The van der Waals surface area contributed by atoms with Crippen LogP contribution < -0.4 is 0 Å². The predicted molar refractivity (Wildman–Crippen MR) is 147 cm³/mol. The Kier molecular flexibility index (Phi) is 28.8. The summed E-state index contributed by atoms with van der Waals surface area (Å²) in [7, 11) is 0. The van der Waals surface area contributed by atoms with Gasteiger partial charge in [-0.3, -0.25) is 0 Å². The molecule has 0 fully saturated rings. The summed E-state index contributed by atoms with van der Waals surface area (Å²) in [5.41, 5.74) is 0. The van der Waals surface area contributed by atoms with Crippen LogP contribution in [0.15, 0.2) is 12.2 Å². The molecule has 0 aliphatic carbocycles. The van der Waals surface area contributed by atoms with Gasteiger partial charge in [0, 0.05) is 17.6 Å². The molecular formula is C28H55IO2. The second-order valence-electron chi connectivity index (χ2n) is 9.00. The monoisotopic (exact) mass is 550 g/mol. The number of halogens is 1. The first-order valence-corrected chi connectivity index (χ1v) is 15.3. The molecule has 0 aromatic rings. The highest BCUT2D eigenvalue weighted by Gasteiger charge is 2.09. The van der Waals surface area contributed by atoms with Crippen LogP contribution in [0.1, 0.15) is 142 Å². The Labute approximate surface area is 209 Å². The zero-order valence-corrected chi connectivity index (χ0v) is 23.3. The lowest BCUT2D eigenvalue weighted by molar-refractivity contribution is -0.148. The maximum absolute atomic E-state index is 6.14. The molecule has 0 heterocycles. The van der Waals surface area contributed by atoms with Crippen molar-refractivity contribution >= 4 is 22.6 Å². The zero-order valence-electron chi connectivity index (χ0n) is 21.2. The van der Waals surface area contributed by atoms with E-state index in [4.69, 9.17) is 9.47 Å². The number of unbranched alkanes of at least 4 members (excludes halogenated alkanes) is 15. The van der Waals surface area contributed by atoms with Gasteiger partial charge in [0.05, 0.1) is 0 Å². The highest BCUT2D eigenvalue weighted by molar-refractivity contribution is 14.1. The van der Waals surface area contributed by atoms with Crippen LogP contribution in [0.3, 0.4) is 0 Å². The summed E-state index contributed by atoms with van der Waals surface area (Å²) in [6.45, 7) is 6.30. The van der Waals surface area contributed by atoms with Crippen LogP contribution in [0.25, 0.3) is 0 Å². The molecule has 0 bridgehead atoms. The minimum absolute atomic E-state index is 0.0301. The molecule has 0 saturated carbocycles. The van der Waals surface area contributed by atoms with Crippen molar-refractivity contribution in [1.82, 2.24) is 0 Å². The molecule has 0 aliphatic heterocycles. The summed E-state index contributed by atoms with van der Waals surface area (Å²) in [6.07, 6.45) is 30.7. The van der Waals surface area contributed by atoms with Crippen molar-refractivity contribution in [2.45, 2.75) is 149 Å². The summed E-state index contributed by atoms with van der Waals surface area (Å²) in [5, 5.41) is 0. The first-order chi connectivity index (χ1) is 15.3. The summed E-state index contributed by atoms with van der Waals surface area (Å²) < 4.78 is 13.5. The van der Waals surface area contributed by atoms with Gasteiger partial charge in [-0.2, -0.15) is 0 Å². The van der Waals surface area contributed by atoms with Crippen molar-refractivity contribution in [2.24, 2.45) is 0 Å². The third-order valence-electron chi connectivity index (χ3n) is 5.86. The van der Waals surface area contributed by atoms with E-state index in [1.165, 1.54) is 126 Å². The molecule has 0 spiro atoms. The van der Waals surface area contributed by atoms with Crippen molar-refractivity contribution in [3.8, 4) is 0 Å². The fraction of sp³-hybridized carbons (Fsp3) is 0.929. The van der Waals surface area contributed by atoms with Crippen molar-refractivity contribution in [3.63, 3.8) is 0 Å². The van der Waals surface area contributed by atoms with E-state index in [0.717, 1.165) is 19.6 Å². The van der Waals surface area contributed by atoms with Crippen molar-refractivity contribution in [1.29, 1.82) is 0 Å². The van der Waals surface area contributed by atoms with E-state index in [2.05, 4.69) is 48.6 Å². The van der Waals surface area contributed by atoms with Crippen LogP contribution in [-0.4, -0.2) is 23.9 Å². The van der Waals surface area contributed by atoms with Gasteiger partial charge in [0.15, 0.2) is 6.29 Å². The highest BCUT2D eigenvalue weighted by atomic mass is 127. The molecule has 0 unspecified atom stereocenters. The first-order valence-electron chi connectivity index (χ1n) is 13.8. The predicted octanol–water partition coefficient (Wildman–Crippen LogP) is 10.2. The topological polar surface area (TPSA) is 18.5 Å². The number of hydrogen-bond donors (Lipinski definition) is 0. The molecule has 0 saturated heterocycles. The molecule has 0 aromatic carbocycles. The van der Waals surface area contributed by atoms with Crippen molar-refractivity contribution < 1.29 is 9.47 Å². The number of hydrogen-bond acceptors (Lipinski definition) is 2. The number of alkyl halides is 1. The lowest BCUT2D eigenvalue weighted by Crippen LogP contribution is -2.19. The van der Waals surface area contributed by atoms with Gasteiger partial charge in [0.2, 0.25) is 0 Å². The maximum Gasteiger partial charge on any atom is 0.157 e. The Hall–Kier alpha value is 0.390. The summed E-state index contributed by atoms with van der Waals surface area (Å²) in [5.74, 6) is 0. The van der Waals surface area contributed by atoms with Crippen molar-refractivity contribution in [3.05, 3.63) is 12.2 Å². The Morgan fingerprint density at radius 3 is 1.55 bits per heavy atom. The van der Waals surface area contributed by atoms with Gasteiger partial charge in [0.25, 0.3) is 0 Å². The third kappa shape index (κ3) is 26.5. The van der Waals surface area contributed by atoms with Crippen molar-refractivity contribution in [2.75, 3.05) is 17.6 Å². The molecular weight excluding hydrogens is 495 g/mol. The molecule has 0 amide bonds. The number of ether oxygens (including phenoxy) is 2. The zero-order chi connectivity index (χ0) is 22.7. The lowest BCUT2D eigenvalue weighted by atomic mass is 10.1. The minimum atomic E-state index is 0.0301. The minimum Gasteiger partial charge on any atom is -0.353 e. The Morgan fingerprint density at radius 1 is 0.548 bits per heavy atom. The Bertz CT molecular complexity index is 328. The second kappa shape index (κ2) is 28.4. The Balaban J connectivity index is 3.84. The van der Waals surface area contributed by atoms with E-state index in [0.29, 0.717) is 0 Å². The van der Waals surface area contributed by atoms with Gasteiger partial charge in [0.1, 0.15) is 0 Å². The standard InChI is InChI=1S/C28H55IO2/c1-3-5-7-9-18-22-26-30-28(31-27-23-19-10-8-6-4-2)24-20-16-14-12-11-13-15-17-21-25-29/h15,17,28H,3-14,16,18-27H2,1-2H3/b17-15-. The van der Waals surface area contributed by atoms with Gasteiger partial charge >= 0.3 is 0 Å². The molecule has 2 nitrogen and oxygen atoms in total. The van der Waals surface area contributed by atoms with Crippen LogP contribution in [0.4, 0.5) is 0 Å². The molecule has 0 rings (SSSR count). The number of allylic oxidation sites excluding steroid dienone is 2. The van der Waals surface area contributed by atoms with Crippen LogP contribution >= 0.6 is 22.6 Å². The van der Waals surface area contributed by atoms with Crippen LogP contribution in [0.2, 0.25) is 0 Å². The smallest absolute Gasteiger partial charge is 0.157 e. The average molecular weight is 551 g/mol. The van der Waals surface area contributed by atoms with Gasteiger partial charge in [-0.05, 0) is 44.9 Å². The normalized spacial score (nSPS) is 11.9. The molecule has 31 heavy (non-hydrogen) atoms. The number of rotatable bonds is 26. The summed E-state index contributed by atoms with van der Waals surface area (Å²) in [4.78, 5) is 0. The molecule has 0 radical (unpaired) electrons. The van der Waals surface area contributed by atoms with E-state index in [-0.39, 0.29) is 6.29 Å². The second-order valence-corrected chi connectivity index (χ2v) is 10.1. The SMILES string of the molecule is CCCCCCCCOC(CCCCCCC/C=C\CCI)OCCCCCCCC. The molecule has 186 valence electrons. The van der Waals surface area contributed by atoms with E-state index >= 15 is 0 Å². The molecule has 0 aromatic heterocycles. The first kappa shape index (κ1) is 31.4. The molecule has 0 N–H and O–H groups in total. The molecule has 3 heteroatoms. The van der Waals surface area contributed by atoms with Gasteiger partial charge in [-0.1, -0.05) is 132 Å². The van der Waals surface area contributed by atoms with Gasteiger partial charge in [-0.25, -0.2) is 0 Å². The van der Waals surface area contributed by atoms with E-state index in [9.17, 15) is 0 Å². The average Bonchev–Trinajstić information content (AvgIpc) is 2.78. The van der Waals surface area contributed by atoms with Crippen LogP contribution in [0.5, 0.6) is 0 Å². The van der Waals surface area contributed by atoms with Gasteiger partial charge < -0.3 is 9.47 Å². The van der Waals surface area contributed by atoms with E-state index < -0.39 is 0 Å². The molecule has 0 atom stereocenters. The van der Waals surface area contributed by atoms with E-state index in [1.54, 1.807) is 0 Å².